The van der Waals surface area contributed by atoms with Crippen LogP contribution in [0.3, 0.4) is 0 Å². The molecule has 1 aliphatic carbocycles. The Kier molecular flexibility index (Phi) is 6.78. The van der Waals surface area contributed by atoms with Crippen molar-refractivity contribution < 1.29 is 4.74 Å². The van der Waals surface area contributed by atoms with E-state index in [2.05, 4.69) is 45.0 Å². The molecule has 0 spiro atoms. The molecular weight excluding hydrogens is 236 g/mol. The monoisotopic (exact) mass is 270 g/mol. The minimum atomic E-state index is 0.400. The predicted molar refractivity (Wildman–Crippen MR) is 82.6 cm³/mol. The fraction of sp³-hybridized carbons (Fsp3) is 1.00. The molecule has 0 aromatic heterocycles. The van der Waals surface area contributed by atoms with E-state index in [9.17, 15) is 0 Å². The first kappa shape index (κ1) is 16.9. The van der Waals surface area contributed by atoms with E-state index in [4.69, 9.17) is 4.74 Å². The summed E-state index contributed by atoms with van der Waals surface area (Å²) >= 11 is 0. The molecule has 19 heavy (non-hydrogen) atoms. The zero-order chi connectivity index (χ0) is 14.5. The van der Waals surface area contributed by atoms with E-state index in [1.165, 1.54) is 25.7 Å². The summed E-state index contributed by atoms with van der Waals surface area (Å²) in [6.07, 6.45) is 5.08. The molecular formula is C16H34N2O. The normalized spacial score (nSPS) is 26.5. The molecule has 3 nitrogen and oxygen atoms in total. The van der Waals surface area contributed by atoms with Gasteiger partial charge < -0.3 is 10.1 Å². The number of nitrogens with zero attached hydrogens (tertiary/aromatic N) is 1. The first-order valence-electron chi connectivity index (χ1n) is 7.93. The number of ether oxygens (including phenoxy) is 1. The van der Waals surface area contributed by atoms with Gasteiger partial charge in [0.25, 0.3) is 0 Å². The molecule has 0 aliphatic heterocycles. The molecule has 1 aliphatic rings. The SMILES string of the molecule is CCC(CC)N(CCOC)C1CCC(C)(C)C1NC. The van der Waals surface area contributed by atoms with Crippen LogP contribution < -0.4 is 5.32 Å². The quantitative estimate of drug-likeness (QED) is 0.734. The maximum absolute atomic E-state index is 5.33. The van der Waals surface area contributed by atoms with Crippen molar-refractivity contribution in [2.24, 2.45) is 5.41 Å². The van der Waals surface area contributed by atoms with E-state index >= 15 is 0 Å². The Hall–Kier alpha value is -0.120. The van der Waals surface area contributed by atoms with Crippen LogP contribution in [0, 0.1) is 5.41 Å². The summed E-state index contributed by atoms with van der Waals surface area (Å²) in [4.78, 5) is 2.71. The third-order valence-electron chi connectivity index (χ3n) is 5.01. The van der Waals surface area contributed by atoms with E-state index in [1.807, 2.05) is 0 Å². The van der Waals surface area contributed by atoms with Gasteiger partial charge in [0.1, 0.15) is 0 Å². The lowest BCUT2D eigenvalue weighted by Crippen LogP contribution is -2.54. The number of nitrogens with one attached hydrogen (secondary N) is 1. The van der Waals surface area contributed by atoms with E-state index in [0.29, 0.717) is 23.5 Å². The van der Waals surface area contributed by atoms with Crippen molar-refractivity contribution in [1.29, 1.82) is 0 Å². The summed E-state index contributed by atoms with van der Waals surface area (Å²) in [6.45, 7) is 11.3. The zero-order valence-electron chi connectivity index (χ0n) is 13.8. The van der Waals surface area contributed by atoms with E-state index in [1.54, 1.807) is 7.11 Å². The van der Waals surface area contributed by atoms with Crippen LogP contribution in [-0.4, -0.2) is 50.3 Å². The molecule has 1 fully saturated rings. The maximum Gasteiger partial charge on any atom is 0.0589 e. The lowest BCUT2D eigenvalue weighted by molar-refractivity contribution is 0.0626. The minimum absolute atomic E-state index is 0.400. The first-order valence-corrected chi connectivity index (χ1v) is 7.93. The van der Waals surface area contributed by atoms with Gasteiger partial charge in [0.05, 0.1) is 6.61 Å². The summed E-state index contributed by atoms with van der Waals surface area (Å²) in [5.74, 6) is 0. The van der Waals surface area contributed by atoms with Crippen molar-refractivity contribution in [1.82, 2.24) is 10.2 Å². The van der Waals surface area contributed by atoms with Gasteiger partial charge in [-0.3, -0.25) is 4.90 Å². The molecule has 1 N–H and O–H groups in total. The fourth-order valence-electron chi connectivity index (χ4n) is 3.88. The molecule has 0 aromatic carbocycles. The van der Waals surface area contributed by atoms with Crippen molar-refractivity contribution in [2.45, 2.75) is 71.5 Å². The topological polar surface area (TPSA) is 24.5 Å². The molecule has 0 bridgehead atoms. The lowest BCUT2D eigenvalue weighted by Gasteiger charge is -2.41. The number of hydrogen-bond acceptors (Lipinski definition) is 3. The van der Waals surface area contributed by atoms with Crippen LogP contribution in [0.5, 0.6) is 0 Å². The molecule has 2 unspecified atom stereocenters. The fourth-order valence-corrected chi connectivity index (χ4v) is 3.88. The van der Waals surface area contributed by atoms with Crippen molar-refractivity contribution in [3.05, 3.63) is 0 Å². The van der Waals surface area contributed by atoms with Gasteiger partial charge in [-0.2, -0.15) is 0 Å². The molecule has 114 valence electrons. The Labute approximate surface area is 120 Å². The number of rotatable bonds is 8. The van der Waals surface area contributed by atoms with Crippen molar-refractivity contribution in [3.8, 4) is 0 Å². The highest BCUT2D eigenvalue weighted by Gasteiger charge is 2.44. The van der Waals surface area contributed by atoms with Crippen LogP contribution in [0.25, 0.3) is 0 Å². The van der Waals surface area contributed by atoms with E-state index < -0.39 is 0 Å². The molecule has 0 saturated heterocycles. The summed E-state index contributed by atoms with van der Waals surface area (Å²) in [6, 6.07) is 1.93. The molecule has 0 heterocycles. The number of methoxy groups -OCH3 is 1. The third-order valence-corrected chi connectivity index (χ3v) is 5.01. The van der Waals surface area contributed by atoms with Gasteiger partial charge >= 0.3 is 0 Å². The van der Waals surface area contributed by atoms with Crippen LogP contribution in [0.2, 0.25) is 0 Å². The Morgan fingerprint density at radius 3 is 2.42 bits per heavy atom. The number of hydrogen-bond donors (Lipinski definition) is 1. The van der Waals surface area contributed by atoms with Gasteiger partial charge in [-0.1, -0.05) is 27.7 Å². The van der Waals surface area contributed by atoms with Crippen LogP contribution >= 0.6 is 0 Å². The van der Waals surface area contributed by atoms with Gasteiger partial charge in [-0.15, -0.1) is 0 Å². The Morgan fingerprint density at radius 1 is 1.32 bits per heavy atom. The predicted octanol–water partition coefficient (Wildman–Crippen LogP) is 2.90. The van der Waals surface area contributed by atoms with Gasteiger partial charge in [0.15, 0.2) is 0 Å². The van der Waals surface area contributed by atoms with Crippen molar-refractivity contribution >= 4 is 0 Å². The second-order valence-corrected chi connectivity index (χ2v) is 6.56. The average Bonchev–Trinajstić information content (AvgIpc) is 2.69. The number of likely N-dealkylation sites (N-methyl/N-ethyl adjacent to an activating group) is 1. The summed E-state index contributed by atoms with van der Waals surface area (Å²) < 4.78 is 5.33. The second-order valence-electron chi connectivity index (χ2n) is 6.56. The lowest BCUT2D eigenvalue weighted by atomic mass is 9.86. The second kappa shape index (κ2) is 7.61. The van der Waals surface area contributed by atoms with Crippen LogP contribution in [0.15, 0.2) is 0 Å². The van der Waals surface area contributed by atoms with Gasteiger partial charge in [0.2, 0.25) is 0 Å². The average molecular weight is 270 g/mol. The highest BCUT2D eigenvalue weighted by molar-refractivity contribution is 5.01. The third kappa shape index (κ3) is 3.93. The Bertz CT molecular complexity index is 251. The van der Waals surface area contributed by atoms with Gasteiger partial charge in [-0.25, -0.2) is 0 Å². The zero-order valence-corrected chi connectivity index (χ0v) is 13.8. The smallest absolute Gasteiger partial charge is 0.0589 e. The molecule has 1 rings (SSSR count). The molecule has 0 amide bonds. The Balaban J connectivity index is 2.84. The molecule has 1 saturated carbocycles. The van der Waals surface area contributed by atoms with E-state index in [0.717, 1.165) is 13.2 Å². The molecule has 3 heteroatoms. The van der Waals surface area contributed by atoms with Crippen LogP contribution in [-0.2, 0) is 4.74 Å². The summed E-state index contributed by atoms with van der Waals surface area (Å²) in [5.41, 5.74) is 0.400. The molecule has 0 radical (unpaired) electrons. The molecule has 0 aromatic rings. The van der Waals surface area contributed by atoms with Crippen LogP contribution in [0.1, 0.15) is 53.4 Å². The maximum atomic E-state index is 5.33. The standard InChI is InChI=1S/C16H34N2O/c1-7-13(8-2)18(11-12-19-6)14-9-10-16(3,4)15(14)17-5/h13-15,17H,7-12H2,1-6H3. The molecule has 2 atom stereocenters. The highest BCUT2D eigenvalue weighted by Crippen LogP contribution is 2.40. The minimum Gasteiger partial charge on any atom is -0.383 e. The first-order chi connectivity index (χ1) is 9.01. The van der Waals surface area contributed by atoms with Crippen molar-refractivity contribution in [3.63, 3.8) is 0 Å². The van der Waals surface area contributed by atoms with E-state index in [-0.39, 0.29) is 0 Å². The van der Waals surface area contributed by atoms with Crippen LogP contribution in [0.4, 0.5) is 0 Å². The van der Waals surface area contributed by atoms with Gasteiger partial charge in [0, 0.05) is 31.8 Å². The summed E-state index contributed by atoms with van der Waals surface area (Å²) in [7, 11) is 3.92. The van der Waals surface area contributed by atoms with Crippen molar-refractivity contribution in [2.75, 3.05) is 27.3 Å². The Morgan fingerprint density at radius 2 is 1.95 bits per heavy atom. The van der Waals surface area contributed by atoms with Gasteiger partial charge in [-0.05, 0) is 38.1 Å². The largest absolute Gasteiger partial charge is 0.383 e. The summed E-state index contributed by atoms with van der Waals surface area (Å²) in [5, 5.41) is 3.58. The highest BCUT2D eigenvalue weighted by atomic mass is 16.5.